The Hall–Kier alpha value is -1.65. The van der Waals surface area contributed by atoms with Gasteiger partial charge in [0.05, 0.1) is 22.4 Å². The van der Waals surface area contributed by atoms with Crippen molar-refractivity contribution >= 4 is 40.0 Å². The van der Waals surface area contributed by atoms with Crippen molar-refractivity contribution in [3.63, 3.8) is 0 Å². The number of nitrogens with zero attached hydrogens (tertiary/aromatic N) is 2. The second-order valence-electron chi connectivity index (χ2n) is 4.78. The molecule has 0 aliphatic carbocycles. The van der Waals surface area contributed by atoms with Crippen molar-refractivity contribution in [3.8, 4) is 0 Å². The van der Waals surface area contributed by atoms with Crippen LogP contribution in [0.3, 0.4) is 0 Å². The van der Waals surface area contributed by atoms with Crippen LogP contribution in [0.15, 0.2) is 30.3 Å². The highest BCUT2D eigenvalue weighted by atomic mass is 35.5. The lowest BCUT2D eigenvalue weighted by atomic mass is 10.0. The summed E-state index contributed by atoms with van der Waals surface area (Å²) in [6.45, 7) is 4.97. The fourth-order valence-electron chi connectivity index (χ4n) is 2.30. The van der Waals surface area contributed by atoms with E-state index in [9.17, 15) is 0 Å². The van der Waals surface area contributed by atoms with E-state index in [1.165, 1.54) is 28.4 Å². The first-order valence-corrected chi connectivity index (χ1v) is 7.47. The molecule has 3 aromatic rings. The molecule has 0 bridgehead atoms. The monoisotopic (exact) mass is 303 g/mol. The van der Waals surface area contributed by atoms with Crippen LogP contribution in [0.2, 0.25) is 5.02 Å². The molecule has 20 heavy (non-hydrogen) atoms. The molecule has 0 amide bonds. The zero-order chi connectivity index (χ0) is 14.1. The zero-order valence-corrected chi connectivity index (χ0v) is 12.8. The molecule has 0 radical (unpaired) electrons. The first-order chi connectivity index (χ1) is 9.66. The minimum absolute atomic E-state index is 0.677. The third-order valence-electron chi connectivity index (χ3n) is 3.46. The van der Waals surface area contributed by atoms with Crippen LogP contribution < -0.4 is 5.32 Å². The Labute approximate surface area is 126 Å². The number of anilines is 1. The minimum atomic E-state index is 0.677. The molecule has 0 saturated heterocycles. The topological polar surface area (TPSA) is 37.8 Å². The molecule has 0 fully saturated rings. The lowest BCUT2D eigenvalue weighted by molar-refractivity contribution is 1.09. The van der Waals surface area contributed by atoms with Gasteiger partial charge >= 0.3 is 0 Å². The van der Waals surface area contributed by atoms with Crippen LogP contribution in [0, 0.1) is 13.8 Å². The third kappa shape index (κ3) is 2.37. The molecule has 2 aromatic carbocycles. The number of benzene rings is 2. The molecular weight excluding hydrogens is 290 g/mol. The quantitative estimate of drug-likeness (QED) is 0.770. The second-order valence-corrected chi connectivity index (χ2v) is 5.71. The fourth-order valence-corrected chi connectivity index (χ4v) is 3.06. The summed E-state index contributed by atoms with van der Waals surface area (Å²) >= 11 is 7.49. The van der Waals surface area contributed by atoms with Gasteiger partial charge in [-0.25, -0.2) is 0 Å². The van der Waals surface area contributed by atoms with Crippen molar-refractivity contribution in [2.45, 2.75) is 20.4 Å². The molecule has 1 N–H and O–H groups in total. The minimum Gasteiger partial charge on any atom is -0.378 e. The van der Waals surface area contributed by atoms with Crippen LogP contribution in [-0.2, 0) is 6.54 Å². The summed E-state index contributed by atoms with van der Waals surface area (Å²) in [6, 6.07) is 10.1. The van der Waals surface area contributed by atoms with E-state index < -0.39 is 0 Å². The zero-order valence-electron chi connectivity index (χ0n) is 11.3. The Balaban J connectivity index is 1.94. The molecule has 1 heterocycles. The molecule has 0 saturated carbocycles. The number of rotatable bonds is 3. The fraction of sp³-hybridized carbons (Fsp3) is 0.200. The summed E-state index contributed by atoms with van der Waals surface area (Å²) in [5.74, 6) is 0. The third-order valence-corrected chi connectivity index (χ3v) is 4.32. The van der Waals surface area contributed by atoms with Crippen LogP contribution in [0.1, 0.15) is 16.7 Å². The van der Waals surface area contributed by atoms with Crippen molar-refractivity contribution in [2.24, 2.45) is 0 Å². The second kappa shape index (κ2) is 5.38. The molecule has 0 atom stereocenters. The molecule has 0 unspecified atom stereocenters. The molecule has 1 aromatic heterocycles. The number of hydrogen-bond donors (Lipinski definition) is 1. The molecule has 102 valence electrons. The maximum Gasteiger partial charge on any atom is 0.129 e. The van der Waals surface area contributed by atoms with Gasteiger partial charge in [-0.15, -0.1) is 0 Å². The van der Waals surface area contributed by atoms with Crippen LogP contribution in [0.25, 0.3) is 11.0 Å². The molecule has 5 heteroatoms. The van der Waals surface area contributed by atoms with Gasteiger partial charge in [0.2, 0.25) is 0 Å². The van der Waals surface area contributed by atoms with E-state index >= 15 is 0 Å². The van der Waals surface area contributed by atoms with Gasteiger partial charge < -0.3 is 5.32 Å². The summed E-state index contributed by atoms with van der Waals surface area (Å²) in [7, 11) is 0. The van der Waals surface area contributed by atoms with Crippen LogP contribution in [0.4, 0.5) is 5.69 Å². The van der Waals surface area contributed by atoms with Crippen LogP contribution >= 0.6 is 23.3 Å². The van der Waals surface area contributed by atoms with Gasteiger partial charge in [0.1, 0.15) is 11.0 Å². The highest BCUT2D eigenvalue weighted by Crippen LogP contribution is 2.30. The van der Waals surface area contributed by atoms with E-state index in [1.54, 1.807) is 0 Å². The summed E-state index contributed by atoms with van der Waals surface area (Å²) in [5, 5.41) is 4.09. The molecular formula is C15H14ClN3S. The summed E-state index contributed by atoms with van der Waals surface area (Å²) in [4.78, 5) is 0. The summed E-state index contributed by atoms with van der Waals surface area (Å²) < 4.78 is 8.56. The van der Waals surface area contributed by atoms with E-state index in [1.807, 2.05) is 12.1 Å². The predicted octanol–water partition coefficient (Wildman–Crippen LogP) is 4.57. The molecule has 0 aliphatic rings. The van der Waals surface area contributed by atoms with Crippen molar-refractivity contribution < 1.29 is 0 Å². The standard InChI is InChI=1S/C15H14ClN3S/c1-9-4-3-5-10(2)11(9)8-17-14-12(16)6-7-13-15(14)19-20-18-13/h3-7,17H,8H2,1-2H3. The maximum absolute atomic E-state index is 6.28. The summed E-state index contributed by atoms with van der Waals surface area (Å²) in [6.07, 6.45) is 0. The largest absolute Gasteiger partial charge is 0.378 e. The van der Waals surface area contributed by atoms with E-state index in [-0.39, 0.29) is 0 Å². The SMILES string of the molecule is Cc1cccc(C)c1CNc1c(Cl)ccc2nsnc12. The molecule has 3 rings (SSSR count). The Morgan fingerprint density at radius 2 is 1.85 bits per heavy atom. The molecule has 3 nitrogen and oxygen atoms in total. The number of halogens is 1. The van der Waals surface area contributed by atoms with Gasteiger partial charge in [-0.2, -0.15) is 8.75 Å². The predicted molar refractivity (Wildman–Crippen MR) is 85.7 cm³/mol. The molecule has 0 aliphatic heterocycles. The van der Waals surface area contributed by atoms with E-state index in [4.69, 9.17) is 11.6 Å². The summed E-state index contributed by atoms with van der Waals surface area (Å²) in [5.41, 5.74) is 6.43. The number of hydrogen-bond acceptors (Lipinski definition) is 4. The van der Waals surface area contributed by atoms with Crippen molar-refractivity contribution in [2.75, 3.05) is 5.32 Å². The number of aromatic nitrogens is 2. The lowest BCUT2D eigenvalue weighted by Gasteiger charge is -2.13. The normalized spacial score (nSPS) is 10.9. The van der Waals surface area contributed by atoms with Gasteiger partial charge in [0.15, 0.2) is 0 Å². The average molecular weight is 304 g/mol. The Morgan fingerprint density at radius 3 is 2.60 bits per heavy atom. The van der Waals surface area contributed by atoms with Gasteiger partial charge in [0, 0.05) is 6.54 Å². The Kier molecular flexibility index (Phi) is 3.59. The lowest BCUT2D eigenvalue weighted by Crippen LogP contribution is -2.04. The number of aryl methyl sites for hydroxylation is 2. The Bertz CT molecular complexity index is 747. The molecule has 0 spiro atoms. The van der Waals surface area contributed by atoms with Crippen LogP contribution in [0.5, 0.6) is 0 Å². The highest BCUT2D eigenvalue weighted by Gasteiger charge is 2.10. The van der Waals surface area contributed by atoms with Crippen LogP contribution in [-0.4, -0.2) is 8.75 Å². The maximum atomic E-state index is 6.28. The number of nitrogens with one attached hydrogen (secondary N) is 1. The van der Waals surface area contributed by atoms with Crippen molar-refractivity contribution in [1.29, 1.82) is 0 Å². The van der Waals surface area contributed by atoms with Gasteiger partial charge in [0.25, 0.3) is 0 Å². The van der Waals surface area contributed by atoms with Crippen molar-refractivity contribution in [1.82, 2.24) is 8.75 Å². The van der Waals surface area contributed by atoms with E-state index in [0.29, 0.717) is 5.02 Å². The van der Waals surface area contributed by atoms with Crippen molar-refractivity contribution in [3.05, 3.63) is 52.0 Å². The van der Waals surface area contributed by atoms with Gasteiger partial charge in [-0.1, -0.05) is 29.8 Å². The first-order valence-electron chi connectivity index (χ1n) is 6.36. The first kappa shape index (κ1) is 13.3. The van der Waals surface area contributed by atoms with E-state index in [0.717, 1.165) is 23.3 Å². The average Bonchev–Trinajstić information content (AvgIpc) is 2.88. The van der Waals surface area contributed by atoms with Gasteiger partial charge in [-0.3, -0.25) is 0 Å². The highest BCUT2D eigenvalue weighted by molar-refractivity contribution is 7.00. The van der Waals surface area contributed by atoms with E-state index in [2.05, 4.69) is 46.1 Å². The smallest absolute Gasteiger partial charge is 0.129 e. The number of fused-ring (bicyclic) bond motifs is 1. The van der Waals surface area contributed by atoms with Gasteiger partial charge in [-0.05, 0) is 42.7 Å². The Morgan fingerprint density at radius 1 is 1.10 bits per heavy atom.